The van der Waals surface area contributed by atoms with Crippen LogP contribution in [0, 0.1) is 0 Å². The first kappa shape index (κ1) is 14.1. The Hall–Kier alpha value is -1.36. The van der Waals surface area contributed by atoms with Crippen molar-refractivity contribution < 1.29 is 4.79 Å². The minimum atomic E-state index is -0.189. The van der Waals surface area contributed by atoms with Gasteiger partial charge in [0, 0.05) is 37.2 Å². The van der Waals surface area contributed by atoms with E-state index in [4.69, 9.17) is 0 Å². The summed E-state index contributed by atoms with van der Waals surface area (Å²) >= 11 is 0. The van der Waals surface area contributed by atoms with E-state index in [-0.39, 0.29) is 11.4 Å². The van der Waals surface area contributed by atoms with Crippen LogP contribution in [0.5, 0.6) is 0 Å². The summed E-state index contributed by atoms with van der Waals surface area (Å²) in [4.78, 5) is 16.7. The first-order chi connectivity index (χ1) is 8.90. The summed E-state index contributed by atoms with van der Waals surface area (Å²) < 4.78 is 2.09. The van der Waals surface area contributed by atoms with E-state index in [1.54, 1.807) is 0 Å². The Morgan fingerprint density at radius 3 is 2.84 bits per heavy atom. The highest BCUT2D eigenvalue weighted by Crippen LogP contribution is 2.16. The number of rotatable bonds is 3. The Labute approximate surface area is 114 Å². The van der Waals surface area contributed by atoms with E-state index in [2.05, 4.69) is 27.1 Å². The quantitative estimate of drug-likeness (QED) is 0.856. The predicted molar refractivity (Wildman–Crippen MR) is 74.9 cm³/mol. The molecule has 1 aliphatic heterocycles. The van der Waals surface area contributed by atoms with Gasteiger partial charge in [-0.05, 0) is 20.8 Å². The molecule has 2 rings (SSSR count). The summed E-state index contributed by atoms with van der Waals surface area (Å²) in [5.74, 6) is 1.07. The molecular weight excluding hydrogens is 240 g/mol. The van der Waals surface area contributed by atoms with Crippen LogP contribution in [0.25, 0.3) is 0 Å². The molecule has 0 atom stereocenters. The lowest BCUT2D eigenvalue weighted by atomic mass is 10.1. The molecule has 2 N–H and O–H groups in total. The molecule has 0 spiro atoms. The highest BCUT2D eigenvalue weighted by molar-refractivity contribution is 5.76. The van der Waals surface area contributed by atoms with Gasteiger partial charge in [0.2, 0.25) is 5.91 Å². The van der Waals surface area contributed by atoms with Gasteiger partial charge in [0.1, 0.15) is 12.4 Å². The number of carbonyl (C=O) groups excluding carboxylic acids is 1. The van der Waals surface area contributed by atoms with Crippen molar-refractivity contribution in [3.05, 3.63) is 17.2 Å². The van der Waals surface area contributed by atoms with Crippen LogP contribution in [-0.2, 0) is 30.7 Å². The maximum atomic E-state index is 12.1. The van der Waals surface area contributed by atoms with Crippen LogP contribution in [0.2, 0.25) is 0 Å². The fourth-order valence-electron chi connectivity index (χ4n) is 2.48. The second kappa shape index (κ2) is 5.33. The average molecular weight is 264 g/mol. The molecular formula is C14H24N4O. The summed E-state index contributed by atoms with van der Waals surface area (Å²) in [6.07, 6.45) is 1.81. The lowest BCUT2D eigenvalue weighted by Gasteiger charge is -2.22. The summed E-state index contributed by atoms with van der Waals surface area (Å²) in [5, 5.41) is 6.33. The van der Waals surface area contributed by atoms with E-state index in [1.165, 1.54) is 5.69 Å². The molecule has 0 aliphatic carbocycles. The fraction of sp³-hybridized carbons (Fsp3) is 0.714. The Morgan fingerprint density at radius 1 is 1.47 bits per heavy atom. The van der Waals surface area contributed by atoms with E-state index >= 15 is 0 Å². The molecule has 0 unspecified atom stereocenters. The average Bonchev–Trinajstić information content (AvgIpc) is 2.65. The first-order valence-corrected chi connectivity index (χ1v) is 6.99. The van der Waals surface area contributed by atoms with Crippen LogP contribution < -0.4 is 10.6 Å². The van der Waals surface area contributed by atoms with Crippen molar-refractivity contribution in [3.8, 4) is 0 Å². The van der Waals surface area contributed by atoms with Gasteiger partial charge in [-0.25, -0.2) is 4.98 Å². The van der Waals surface area contributed by atoms with Crippen molar-refractivity contribution in [2.45, 2.75) is 59.2 Å². The summed E-state index contributed by atoms with van der Waals surface area (Å²) in [5.41, 5.74) is 2.14. The molecule has 0 radical (unpaired) electrons. The molecule has 0 aromatic carbocycles. The lowest BCUT2D eigenvalue weighted by molar-refractivity contribution is -0.123. The van der Waals surface area contributed by atoms with Gasteiger partial charge in [0.05, 0.1) is 5.69 Å². The number of hydrogen-bond acceptors (Lipinski definition) is 3. The van der Waals surface area contributed by atoms with E-state index in [0.717, 1.165) is 37.4 Å². The number of hydrogen-bond donors (Lipinski definition) is 2. The zero-order valence-corrected chi connectivity index (χ0v) is 12.3. The predicted octanol–water partition coefficient (Wildman–Crippen LogP) is 1.01. The molecule has 19 heavy (non-hydrogen) atoms. The maximum Gasteiger partial charge on any atom is 0.240 e. The number of carbonyl (C=O) groups is 1. The molecule has 1 aromatic heterocycles. The van der Waals surface area contributed by atoms with E-state index < -0.39 is 0 Å². The molecule has 5 heteroatoms. The largest absolute Gasteiger partial charge is 0.350 e. The molecule has 106 valence electrons. The highest BCUT2D eigenvalue weighted by Gasteiger charge is 2.21. The molecule has 0 saturated carbocycles. The lowest BCUT2D eigenvalue weighted by Crippen LogP contribution is -2.42. The maximum absolute atomic E-state index is 12.1. The van der Waals surface area contributed by atoms with Gasteiger partial charge < -0.3 is 15.2 Å². The third-order valence-electron chi connectivity index (χ3n) is 3.20. The van der Waals surface area contributed by atoms with Crippen molar-refractivity contribution in [1.82, 2.24) is 20.2 Å². The van der Waals surface area contributed by atoms with Gasteiger partial charge in [-0.2, -0.15) is 0 Å². The zero-order chi connectivity index (χ0) is 14.0. The van der Waals surface area contributed by atoms with Gasteiger partial charge >= 0.3 is 0 Å². The molecule has 2 heterocycles. The Morgan fingerprint density at radius 2 is 2.21 bits per heavy atom. The molecule has 5 nitrogen and oxygen atoms in total. The van der Waals surface area contributed by atoms with Crippen LogP contribution in [0.1, 0.15) is 44.9 Å². The summed E-state index contributed by atoms with van der Waals surface area (Å²) in [7, 11) is 0. The number of amides is 1. The number of nitrogens with zero attached hydrogens (tertiary/aromatic N) is 2. The Bertz CT molecular complexity index is 471. The molecule has 0 fully saturated rings. The van der Waals surface area contributed by atoms with Crippen LogP contribution in [-0.4, -0.2) is 27.5 Å². The van der Waals surface area contributed by atoms with Gasteiger partial charge in [-0.15, -0.1) is 0 Å². The summed E-state index contributed by atoms with van der Waals surface area (Å²) in [6.45, 7) is 10.2. The van der Waals surface area contributed by atoms with Crippen LogP contribution >= 0.6 is 0 Å². The third-order valence-corrected chi connectivity index (χ3v) is 3.20. The van der Waals surface area contributed by atoms with Crippen LogP contribution in [0.15, 0.2) is 0 Å². The molecule has 1 aromatic rings. The van der Waals surface area contributed by atoms with E-state index in [9.17, 15) is 4.79 Å². The Kier molecular flexibility index (Phi) is 3.94. The zero-order valence-electron chi connectivity index (χ0n) is 12.3. The van der Waals surface area contributed by atoms with Crippen molar-refractivity contribution in [2.75, 3.05) is 6.54 Å². The standard InChI is InChI=1S/C14H24N4O/c1-5-12-16-10-8-15-7-6-11(10)18(12)9-13(19)17-14(2,3)4/h15H,5-9H2,1-4H3,(H,17,19). The SMILES string of the molecule is CCc1nc2c(n1CC(=O)NC(C)(C)C)CCNC2. The van der Waals surface area contributed by atoms with Gasteiger partial charge in [0.25, 0.3) is 0 Å². The van der Waals surface area contributed by atoms with E-state index in [0.29, 0.717) is 6.54 Å². The second-order valence-electron chi connectivity index (χ2n) is 6.09. The Balaban J connectivity index is 2.19. The van der Waals surface area contributed by atoms with Crippen molar-refractivity contribution in [2.24, 2.45) is 0 Å². The van der Waals surface area contributed by atoms with Crippen molar-refractivity contribution in [1.29, 1.82) is 0 Å². The first-order valence-electron chi connectivity index (χ1n) is 6.99. The molecule has 1 aliphatic rings. The monoisotopic (exact) mass is 264 g/mol. The van der Waals surface area contributed by atoms with Gasteiger partial charge in [-0.3, -0.25) is 4.79 Å². The van der Waals surface area contributed by atoms with Crippen LogP contribution in [0.4, 0.5) is 0 Å². The number of aromatic nitrogens is 2. The van der Waals surface area contributed by atoms with E-state index in [1.807, 2.05) is 20.8 Å². The minimum absolute atomic E-state index is 0.0564. The van der Waals surface area contributed by atoms with Gasteiger partial charge in [0.15, 0.2) is 0 Å². The van der Waals surface area contributed by atoms with Crippen molar-refractivity contribution >= 4 is 5.91 Å². The summed E-state index contributed by atoms with van der Waals surface area (Å²) in [6, 6.07) is 0. The number of aryl methyl sites for hydroxylation is 1. The molecule has 1 amide bonds. The smallest absolute Gasteiger partial charge is 0.240 e. The normalized spacial score (nSPS) is 15.2. The number of imidazole rings is 1. The van der Waals surface area contributed by atoms with Gasteiger partial charge in [-0.1, -0.05) is 6.92 Å². The van der Waals surface area contributed by atoms with Crippen molar-refractivity contribution in [3.63, 3.8) is 0 Å². The topological polar surface area (TPSA) is 59.0 Å². The fourth-order valence-corrected chi connectivity index (χ4v) is 2.48. The second-order valence-corrected chi connectivity index (χ2v) is 6.09. The molecule has 0 saturated heterocycles. The minimum Gasteiger partial charge on any atom is -0.350 e. The number of nitrogens with one attached hydrogen (secondary N) is 2. The number of fused-ring (bicyclic) bond motifs is 1. The highest BCUT2D eigenvalue weighted by atomic mass is 16.2. The third kappa shape index (κ3) is 3.35. The van der Waals surface area contributed by atoms with Crippen LogP contribution in [0.3, 0.4) is 0 Å². The molecule has 0 bridgehead atoms.